The molecule has 0 spiro atoms. The van der Waals surface area contributed by atoms with Crippen LogP contribution in [0.5, 0.6) is 0 Å². The molecule has 1 heterocycles. The van der Waals surface area contributed by atoms with Gasteiger partial charge in [-0.3, -0.25) is 4.79 Å². The molecule has 0 aromatic rings. The number of carbonyl (C=O) groups is 1. The first-order chi connectivity index (χ1) is 6.84. The van der Waals surface area contributed by atoms with Gasteiger partial charge >= 0.3 is 0 Å². The van der Waals surface area contributed by atoms with Gasteiger partial charge in [0.25, 0.3) is 0 Å². The number of carbonyl (C=O) groups excluding carboxylic acids is 1. The molecule has 1 saturated carbocycles. The fourth-order valence-corrected chi connectivity index (χ4v) is 2.47. The number of nitrogens with one attached hydrogen (secondary N) is 2. The smallest absolute Gasteiger partial charge is 0.220 e. The molecular weight excluding hydrogens is 176 g/mol. The molecule has 2 rings (SSSR count). The lowest BCUT2D eigenvalue weighted by atomic mass is 10.0. The average molecular weight is 196 g/mol. The van der Waals surface area contributed by atoms with Crippen LogP contribution in [0.25, 0.3) is 0 Å². The molecule has 14 heavy (non-hydrogen) atoms. The molecule has 2 aliphatic rings. The zero-order chi connectivity index (χ0) is 9.80. The molecule has 1 unspecified atom stereocenters. The summed E-state index contributed by atoms with van der Waals surface area (Å²) >= 11 is 0. The molecule has 0 aromatic heterocycles. The van der Waals surface area contributed by atoms with E-state index in [9.17, 15) is 4.79 Å². The standard InChI is InChI=1S/C11H20N2O/c14-11-7-3-6-10(13-11)8-12-9-4-1-2-5-9/h9-10,12H,1-8H2,(H,13,14). The maximum Gasteiger partial charge on any atom is 0.220 e. The normalized spacial score (nSPS) is 29.1. The minimum atomic E-state index is 0.231. The number of rotatable bonds is 3. The highest BCUT2D eigenvalue weighted by atomic mass is 16.1. The predicted octanol–water partition coefficient (Wildman–Crippen LogP) is 1.19. The maximum atomic E-state index is 11.1. The van der Waals surface area contributed by atoms with Crippen LogP contribution in [0, 0.1) is 0 Å². The highest BCUT2D eigenvalue weighted by molar-refractivity contribution is 5.76. The second-order valence-corrected chi connectivity index (χ2v) is 4.55. The van der Waals surface area contributed by atoms with E-state index >= 15 is 0 Å². The summed E-state index contributed by atoms with van der Waals surface area (Å²) in [6.07, 6.45) is 8.30. The van der Waals surface area contributed by atoms with Gasteiger partial charge in [-0.1, -0.05) is 12.8 Å². The highest BCUT2D eigenvalue weighted by Crippen LogP contribution is 2.17. The van der Waals surface area contributed by atoms with Crippen molar-refractivity contribution in [3.05, 3.63) is 0 Å². The topological polar surface area (TPSA) is 41.1 Å². The molecule has 1 saturated heterocycles. The van der Waals surface area contributed by atoms with Crippen molar-refractivity contribution in [3.8, 4) is 0 Å². The molecule has 2 N–H and O–H groups in total. The minimum Gasteiger partial charge on any atom is -0.352 e. The summed E-state index contributed by atoms with van der Waals surface area (Å²) in [5.41, 5.74) is 0. The molecule has 1 amide bonds. The summed E-state index contributed by atoms with van der Waals surface area (Å²) in [7, 11) is 0. The van der Waals surface area contributed by atoms with Crippen molar-refractivity contribution in [2.75, 3.05) is 6.54 Å². The Hall–Kier alpha value is -0.570. The summed E-state index contributed by atoms with van der Waals surface area (Å²) in [4.78, 5) is 11.1. The van der Waals surface area contributed by atoms with E-state index in [0.29, 0.717) is 12.1 Å². The predicted molar refractivity (Wildman–Crippen MR) is 56.0 cm³/mol. The molecule has 1 aliphatic carbocycles. The molecule has 0 radical (unpaired) electrons. The quantitative estimate of drug-likeness (QED) is 0.712. The van der Waals surface area contributed by atoms with E-state index in [4.69, 9.17) is 0 Å². The first-order valence-electron chi connectivity index (χ1n) is 5.87. The Morgan fingerprint density at radius 3 is 2.71 bits per heavy atom. The molecule has 0 bridgehead atoms. The van der Waals surface area contributed by atoms with E-state index in [1.165, 1.54) is 25.7 Å². The zero-order valence-electron chi connectivity index (χ0n) is 8.72. The Labute approximate surface area is 85.6 Å². The van der Waals surface area contributed by atoms with Crippen molar-refractivity contribution in [1.82, 2.24) is 10.6 Å². The first-order valence-corrected chi connectivity index (χ1v) is 5.87. The van der Waals surface area contributed by atoms with Gasteiger partial charge in [0.15, 0.2) is 0 Å². The monoisotopic (exact) mass is 196 g/mol. The number of hydrogen-bond donors (Lipinski definition) is 2. The van der Waals surface area contributed by atoms with Gasteiger partial charge in [0, 0.05) is 25.0 Å². The zero-order valence-corrected chi connectivity index (χ0v) is 8.72. The van der Waals surface area contributed by atoms with E-state index in [2.05, 4.69) is 10.6 Å². The van der Waals surface area contributed by atoms with E-state index in [1.54, 1.807) is 0 Å². The summed E-state index contributed by atoms with van der Waals surface area (Å²) in [6, 6.07) is 1.10. The lowest BCUT2D eigenvalue weighted by Crippen LogP contribution is -2.46. The highest BCUT2D eigenvalue weighted by Gasteiger charge is 2.20. The van der Waals surface area contributed by atoms with Crippen molar-refractivity contribution in [2.45, 2.75) is 57.0 Å². The maximum absolute atomic E-state index is 11.1. The van der Waals surface area contributed by atoms with E-state index < -0.39 is 0 Å². The number of piperidine rings is 1. The van der Waals surface area contributed by atoms with Crippen LogP contribution < -0.4 is 10.6 Å². The van der Waals surface area contributed by atoms with E-state index in [1.807, 2.05) is 0 Å². The number of hydrogen-bond acceptors (Lipinski definition) is 2. The van der Waals surface area contributed by atoms with Crippen molar-refractivity contribution >= 4 is 5.91 Å². The Bertz CT molecular complexity index is 199. The molecular formula is C11H20N2O. The molecule has 2 fully saturated rings. The van der Waals surface area contributed by atoms with Crippen LogP contribution in [0.4, 0.5) is 0 Å². The Kier molecular flexibility index (Phi) is 3.40. The fraction of sp³-hybridized carbons (Fsp3) is 0.909. The van der Waals surface area contributed by atoms with Crippen LogP contribution >= 0.6 is 0 Å². The van der Waals surface area contributed by atoms with Crippen LogP contribution in [-0.4, -0.2) is 24.5 Å². The van der Waals surface area contributed by atoms with Gasteiger partial charge in [-0.25, -0.2) is 0 Å². The van der Waals surface area contributed by atoms with Crippen molar-refractivity contribution in [2.24, 2.45) is 0 Å². The van der Waals surface area contributed by atoms with Crippen molar-refractivity contribution in [3.63, 3.8) is 0 Å². The van der Waals surface area contributed by atoms with E-state index in [0.717, 1.165) is 25.8 Å². The third-order valence-corrected chi connectivity index (χ3v) is 3.33. The summed E-state index contributed by atoms with van der Waals surface area (Å²) in [6.45, 7) is 0.969. The lowest BCUT2D eigenvalue weighted by Gasteiger charge is -2.25. The first kappa shape index (κ1) is 9.97. The summed E-state index contributed by atoms with van der Waals surface area (Å²) in [5.74, 6) is 0.231. The third kappa shape index (κ3) is 2.71. The molecule has 3 heteroatoms. The summed E-state index contributed by atoms with van der Waals surface area (Å²) in [5, 5.41) is 6.60. The van der Waals surface area contributed by atoms with Crippen molar-refractivity contribution < 1.29 is 4.79 Å². The molecule has 3 nitrogen and oxygen atoms in total. The Morgan fingerprint density at radius 1 is 1.21 bits per heavy atom. The number of amides is 1. The summed E-state index contributed by atoms with van der Waals surface area (Å²) < 4.78 is 0. The van der Waals surface area contributed by atoms with Gasteiger partial charge in [-0.2, -0.15) is 0 Å². The second kappa shape index (κ2) is 4.78. The Balaban J connectivity index is 1.66. The molecule has 1 atom stereocenters. The molecule has 0 aromatic carbocycles. The average Bonchev–Trinajstić information content (AvgIpc) is 2.67. The van der Waals surface area contributed by atoms with Crippen LogP contribution in [0.3, 0.4) is 0 Å². The lowest BCUT2D eigenvalue weighted by molar-refractivity contribution is -0.123. The fourth-order valence-electron chi connectivity index (χ4n) is 2.47. The SMILES string of the molecule is O=C1CCCC(CNC2CCCC2)N1. The van der Waals surface area contributed by atoms with Crippen LogP contribution in [-0.2, 0) is 4.79 Å². The Morgan fingerprint density at radius 2 is 2.00 bits per heavy atom. The largest absolute Gasteiger partial charge is 0.352 e. The van der Waals surface area contributed by atoms with Gasteiger partial charge in [0.2, 0.25) is 5.91 Å². The van der Waals surface area contributed by atoms with Crippen LogP contribution in [0.1, 0.15) is 44.9 Å². The van der Waals surface area contributed by atoms with Gasteiger partial charge in [0.1, 0.15) is 0 Å². The second-order valence-electron chi connectivity index (χ2n) is 4.55. The van der Waals surface area contributed by atoms with Crippen LogP contribution in [0.15, 0.2) is 0 Å². The third-order valence-electron chi connectivity index (χ3n) is 3.33. The van der Waals surface area contributed by atoms with Crippen LogP contribution in [0.2, 0.25) is 0 Å². The van der Waals surface area contributed by atoms with Gasteiger partial charge < -0.3 is 10.6 Å². The van der Waals surface area contributed by atoms with Gasteiger partial charge in [-0.05, 0) is 25.7 Å². The minimum absolute atomic E-state index is 0.231. The van der Waals surface area contributed by atoms with Gasteiger partial charge in [-0.15, -0.1) is 0 Å². The van der Waals surface area contributed by atoms with Gasteiger partial charge in [0.05, 0.1) is 0 Å². The van der Waals surface area contributed by atoms with Crippen molar-refractivity contribution in [1.29, 1.82) is 0 Å². The van der Waals surface area contributed by atoms with E-state index in [-0.39, 0.29) is 5.91 Å². The molecule has 1 aliphatic heterocycles. The molecule has 80 valence electrons.